The van der Waals surface area contributed by atoms with Crippen LogP contribution in [0.2, 0.25) is 0 Å². The Balaban J connectivity index is 2.63. The lowest BCUT2D eigenvalue weighted by Gasteiger charge is -2.06. The summed E-state index contributed by atoms with van der Waals surface area (Å²) in [6, 6.07) is 4.94. The second-order valence-electron chi connectivity index (χ2n) is 2.17. The van der Waals surface area contributed by atoms with Crippen LogP contribution in [0.4, 0.5) is 0 Å². The van der Waals surface area contributed by atoms with Crippen LogP contribution >= 0.6 is 0 Å². The zero-order chi connectivity index (χ0) is 8.81. The van der Waals surface area contributed by atoms with Crippen molar-refractivity contribution < 1.29 is 0 Å². The predicted molar refractivity (Wildman–Crippen MR) is 48.0 cm³/mol. The third-order valence-corrected chi connectivity index (χ3v) is 1.26. The fourth-order valence-electron chi connectivity index (χ4n) is 0.710. The fraction of sp³-hybridized carbons (Fsp3) is 0.125. The van der Waals surface area contributed by atoms with Gasteiger partial charge in [0.1, 0.15) is 0 Å². The van der Waals surface area contributed by atoms with Crippen molar-refractivity contribution in [1.29, 1.82) is 0 Å². The Bertz CT molecular complexity index is 316. The number of allylic oxidation sites excluding steroid dienone is 1. The van der Waals surface area contributed by atoms with Crippen molar-refractivity contribution >= 4 is 0 Å². The van der Waals surface area contributed by atoms with Gasteiger partial charge in [0.05, 0.1) is 0 Å². The molecule has 4 heteroatoms. The first-order valence-corrected chi connectivity index (χ1v) is 3.65. The molecule has 0 fully saturated rings. The molecule has 1 heterocycles. The lowest BCUT2D eigenvalue weighted by atomic mass is 10.5. The van der Waals surface area contributed by atoms with Crippen LogP contribution in [0.5, 0.6) is 0 Å². The maximum atomic E-state index is 11.0. The molecule has 1 aromatic heterocycles. The van der Waals surface area contributed by atoms with Gasteiger partial charge in [0.25, 0.3) is 5.56 Å². The van der Waals surface area contributed by atoms with Crippen LogP contribution in [0.3, 0.4) is 0 Å². The molecule has 0 aliphatic heterocycles. The summed E-state index contributed by atoms with van der Waals surface area (Å²) in [4.78, 5) is 11.0. The van der Waals surface area contributed by atoms with Crippen LogP contribution in [0.1, 0.15) is 6.92 Å². The third kappa shape index (κ3) is 2.16. The van der Waals surface area contributed by atoms with Gasteiger partial charge in [-0.05, 0) is 13.0 Å². The van der Waals surface area contributed by atoms with Crippen LogP contribution in [0.25, 0.3) is 0 Å². The summed E-state index contributed by atoms with van der Waals surface area (Å²) in [5, 5.41) is 0. The van der Waals surface area contributed by atoms with Crippen LogP contribution in [-0.4, -0.2) is 4.68 Å². The van der Waals surface area contributed by atoms with Crippen molar-refractivity contribution in [2.45, 2.75) is 6.92 Å². The molecular formula is C8H11N3O. The molecule has 0 saturated heterocycles. The highest BCUT2D eigenvalue weighted by Gasteiger charge is 1.86. The van der Waals surface area contributed by atoms with E-state index < -0.39 is 0 Å². The fourth-order valence-corrected chi connectivity index (χ4v) is 0.710. The number of nitrogens with one attached hydrogen (secondary N) is 2. The molecule has 0 saturated carbocycles. The van der Waals surface area contributed by atoms with Crippen molar-refractivity contribution in [3.05, 3.63) is 47.0 Å². The number of hydrazine groups is 1. The zero-order valence-electron chi connectivity index (χ0n) is 6.82. The standard InChI is InChI=1S/C8H11N3O/c1-2-6-9-10-11-7-4-3-5-8(11)12/h2-7,9-10H,1H3. The molecule has 0 spiro atoms. The molecule has 0 aliphatic carbocycles. The molecular weight excluding hydrogens is 154 g/mol. The maximum absolute atomic E-state index is 11.0. The van der Waals surface area contributed by atoms with E-state index >= 15 is 0 Å². The first-order valence-electron chi connectivity index (χ1n) is 3.65. The lowest BCUT2D eigenvalue weighted by Crippen LogP contribution is -2.34. The molecule has 1 rings (SSSR count). The maximum Gasteiger partial charge on any atom is 0.270 e. The van der Waals surface area contributed by atoms with Gasteiger partial charge >= 0.3 is 0 Å². The smallest absolute Gasteiger partial charge is 0.270 e. The van der Waals surface area contributed by atoms with E-state index in [-0.39, 0.29) is 5.56 Å². The van der Waals surface area contributed by atoms with E-state index in [9.17, 15) is 4.79 Å². The normalized spacial score (nSPS) is 10.1. The largest absolute Gasteiger partial charge is 0.294 e. The van der Waals surface area contributed by atoms with Gasteiger partial charge in [-0.25, -0.2) is 10.2 Å². The van der Waals surface area contributed by atoms with E-state index in [0.717, 1.165) is 0 Å². The molecule has 0 bridgehead atoms. The topological polar surface area (TPSA) is 46.1 Å². The van der Waals surface area contributed by atoms with E-state index in [1.54, 1.807) is 24.5 Å². The average Bonchev–Trinajstić information content (AvgIpc) is 2.09. The van der Waals surface area contributed by atoms with Gasteiger partial charge in [-0.15, -0.1) is 0 Å². The average molecular weight is 165 g/mol. The Morgan fingerprint density at radius 2 is 2.33 bits per heavy atom. The van der Waals surface area contributed by atoms with Gasteiger partial charge in [-0.3, -0.25) is 10.2 Å². The third-order valence-electron chi connectivity index (χ3n) is 1.26. The van der Waals surface area contributed by atoms with Crippen molar-refractivity contribution in [1.82, 2.24) is 10.1 Å². The monoisotopic (exact) mass is 165 g/mol. The Hall–Kier alpha value is -1.71. The van der Waals surface area contributed by atoms with Crippen LogP contribution in [0, 0.1) is 0 Å². The van der Waals surface area contributed by atoms with Gasteiger partial charge in [-0.1, -0.05) is 12.1 Å². The molecule has 4 nitrogen and oxygen atoms in total. The minimum absolute atomic E-state index is 0.102. The molecule has 0 aliphatic rings. The Morgan fingerprint density at radius 1 is 1.50 bits per heavy atom. The van der Waals surface area contributed by atoms with E-state index in [4.69, 9.17) is 0 Å². The number of hydrogen-bond donors (Lipinski definition) is 2. The molecule has 12 heavy (non-hydrogen) atoms. The Kier molecular flexibility index (Phi) is 2.95. The molecule has 1 aromatic rings. The molecule has 0 amide bonds. The van der Waals surface area contributed by atoms with Gasteiger partial charge in [0.2, 0.25) is 0 Å². The number of pyridine rings is 1. The first-order chi connectivity index (χ1) is 5.84. The van der Waals surface area contributed by atoms with Crippen molar-refractivity contribution in [3.63, 3.8) is 0 Å². The van der Waals surface area contributed by atoms with Gasteiger partial charge < -0.3 is 0 Å². The van der Waals surface area contributed by atoms with E-state index in [2.05, 4.69) is 11.0 Å². The summed E-state index contributed by atoms with van der Waals surface area (Å²) in [7, 11) is 0. The lowest BCUT2D eigenvalue weighted by molar-refractivity contribution is 0.758. The molecule has 0 unspecified atom stereocenters. The number of hydrogen-bond acceptors (Lipinski definition) is 3. The summed E-state index contributed by atoms with van der Waals surface area (Å²) >= 11 is 0. The summed E-state index contributed by atoms with van der Waals surface area (Å²) in [6.07, 6.45) is 5.15. The molecule has 0 atom stereocenters. The first kappa shape index (κ1) is 8.39. The Morgan fingerprint density at radius 3 is 3.00 bits per heavy atom. The van der Waals surface area contributed by atoms with Crippen molar-refractivity contribution in [2.75, 3.05) is 5.53 Å². The summed E-state index contributed by atoms with van der Waals surface area (Å²) < 4.78 is 1.35. The number of rotatable bonds is 3. The number of aromatic nitrogens is 1. The minimum Gasteiger partial charge on any atom is -0.294 e. The van der Waals surface area contributed by atoms with Gasteiger partial charge in [0.15, 0.2) is 0 Å². The van der Waals surface area contributed by atoms with Crippen LogP contribution < -0.4 is 16.5 Å². The van der Waals surface area contributed by atoms with E-state index in [1.165, 1.54) is 10.7 Å². The summed E-state index contributed by atoms with van der Waals surface area (Å²) in [5.74, 6) is 0. The highest BCUT2D eigenvalue weighted by molar-refractivity contribution is 4.95. The summed E-state index contributed by atoms with van der Waals surface area (Å²) in [6.45, 7) is 1.88. The van der Waals surface area contributed by atoms with Crippen LogP contribution in [0.15, 0.2) is 41.5 Å². The molecule has 0 aromatic carbocycles. The zero-order valence-corrected chi connectivity index (χ0v) is 6.82. The van der Waals surface area contributed by atoms with Gasteiger partial charge in [0, 0.05) is 18.5 Å². The van der Waals surface area contributed by atoms with Crippen molar-refractivity contribution in [3.8, 4) is 0 Å². The molecule has 0 radical (unpaired) electrons. The van der Waals surface area contributed by atoms with E-state index in [0.29, 0.717) is 0 Å². The van der Waals surface area contributed by atoms with Crippen molar-refractivity contribution in [2.24, 2.45) is 0 Å². The quantitative estimate of drug-likeness (QED) is 0.638. The predicted octanol–water partition coefficient (Wildman–Crippen LogP) is 0.430. The number of nitrogens with zero attached hydrogens (tertiary/aromatic N) is 1. The molecule has 2 N–H and O–H groups in total. The Labute approximate surface area is 70.5 Å². The molecule has 64 valence electrons. The minimum atomic E-state index is -0.102. The van der Waals surface area contributed by atoms with E-state index in [1.807, 2.05) is 13.0 Å². The summed E-state index contributed by atoms with van der Waals surface area (Å²) in [5.41, 5.74) is 5.30. The second-order valence-corrected chi connectivity index (χ2v) is 2.17. The van der Waals surface area contributed by atoms with Gasteiger partial charge in [-0.2, -0.15) is 0 Å². The highest BCUT2D eigenvalue weighted by atomic mass is 16.1. The van der Waals surface area contributed by atoms with Crippen LogP contribution in [-0.2, 0) is 0 Å². The SMILES string of the molecule is CC=CNNn1ccccc1=O. The highest BCUT2D eigenvalue weighted by Crippen LogP contribution is 1.74. The second kappa shape index (κ2) is 4.23.